The number of hydrogen-bond acceptors (Lipinski definition) is 4. The predicted molar refractivity (Wildman–Crippen MR) is 77.3 cm³/mol. The van der Waals surface area contributed by atoms with Gasteiger partial charge < -0.3 is 4.42 Å². The summed E-state index contributed by atoms with van der Waals surface area (Å²) in [5.41, 5.74) is 0. The Bertz CT molecular complexity index is 544. The topological polar surface area (TPSA) is 49.0 Å². The summed E-state index contributed by atoms with van der Waals surface area (Å²) in [6.07, 6.45) is 3.03. The Morgan fingerprint density at radius 1 is 1.47 bits per heavy atom. The van der Waals surface area contributed by atoms with Crippen molar-refractivity contribution < 1.29 is 4.42 Å². The normalized spacial score (nSPS) is 13.9. The third kappa shape index (κ3) is 3.60. The van der Waals surface area contributed by atoms with E-state index in [0.29, 0.717) is 6.42 Å². The van der Waals surface area contributed by atoms with Crippen molar-refractivity contribution in [3.8, 4) is 6.07 Å². The van der Waals surface area contributed by atoms with Gasteiger partial charge in [-0.15, -0.1) is 11.3 Å². The molecule has 0 fully saturated rings. The molecule has 2 aromatic heterocycles. The van der Waals surface area contributed by atoms with Gasteiger partial charge in [0.05, 0.1) is 23.1 Å². The molecule has 2 unspecified atom stereocenters. The second-order valence-corrected chi connectivity index (χ2v) is 5.97. The molecule has 0 amide bonds. The maximum absolute atomic E-state index is 8.85. The number of rotatable bonds is 6. The fraction of sp³-hybridized carbons (Fsp3) is 0.357. The van der Waals surface area contributed by atoms with Crippen molar-refractivity contribution in [1.82, 2.24) is 5.32 Å². The number of nitriles is 1. The van der Waals surface area contributed by atoms with Crippen LogP contribution in [0, 0.1) is 11.3 Å². The lowest BCUT2D eigenvalue weighted by Crippen LogP contribution is -2.32. The average molecular weight is 295 g/mol. The van der Waals surface area contributed by atoms with Crippen molar-refractivity contribution in [2.45, 2.75) is 31.8 Å². The third-order valence-corrected chi connectivity index (χ3v) is 4.24. The monoisotopic (exact) mass is 294 g/mol. The molecule has 2 aromatic rings. The van der Waals surface area contributed by atoms with E-state index >= 15 is 0 Å². The molecule has 3 nitrogen and oxygen atoms in total. The SMILES string of the molecule is CCC(CC#N)NC(c1ccco1)c1ccc(Cl)s1. The van der Waals surface area contributed by atoms with E-state index in [4.69, 9.17) is 21.3 Å². The molecular formula is C14H15ClN2OS. The first-order chi connectivity index (χ1) is 9.24. The van der Waals surface area contributed by atoms with Crippen LogP contribution in [0.15, 0.2) is 34.9 Å². The van der Waals surface area contributed by atoms with Crippen LogP contribution in [0.4, 0.5) is 0 Å². The molecule has 0 aliphatic carbocycles. The van der Waals surface area contributed by atoms with Crippen LogP contribution in [-0.4, -0.2) is 6.04 Å². The molecule has 0 saturated heterocycles. The summed E-state index contributed by atoms with van der Waals surface area (Å²) in [5, 5.41) is 12.3. The van der Waals surface area contributed by atoms with Crippen molar-refractivity contribution in [3.05, 3.63) is 45.5 Å². The van der Waals surface area contributed by atoms with Crippen molar-refractivity contribution in [2.24, 2.45) is 0 Å². The Hall–Kier alpha value is -1.28. The van der Waals surface area contributed by atoms with Crippen molar-refractivity contribution in [2.75, 3.05) is 0 Å². The van der Waals surface area contributed by atoms with Crippen LogP contribution in [0.5, 0.6) is 0 Å². The molecular weight excluding hydrogens is 280 g/mol. The van der Waals surface area contributed by atoms with Gasteiger partial charge >= 0.3 is 0 Å². The molecule has 2 rings (SSSR count). The van der Waals surface area contributed by atoms with Crippen molar-refractivity contribution in [1.29, 1.82) is 5.26 Å². The average Bonchev–Trinajstić information content (AvgIpc) is 3.06. The van der Waals surface area contributed by atoms with Gasteiger partial charge in [-0.2, -0.15) is 5.26 Å². The van der Waals surface area contributed by atoms with Crippen LogP contribution in [0.25, 0.3) is 0 Å². The number of nitrogens with one attached hydrogen (secondary N) is 1. The molecule has 0 bridgehead atoms. The first kappa shape index (κ1) is 14.1. The van der Waals surface area contributed by atoms with E-state index in [0.717, 1.165) is 21.4 Å². The second-order valence-electron chi connectivity index (χ2n) is 4.22. The van der Waals surface area contributed by atoms with Crippen molar-refractivity contribution >= 4 is 22.9 Å². The standard InChI is InChI=1S/C14H15ClN2OS/c1-2-10(7-8-16)17-14(11-4-3-9-18-11)12-5-6-13(15)19-12/h3-6,9-10,14,17H,2,7H2,1H3. The Morgan fingerprint density at radius 2 is 2.32 bits per heavy atom. The zero-order chi connectivity index (χ0) is 13.7. The third-order valence-electron chi connectivity index (χ3n) is 2.94. The maximum Gasteiger partial charge on any atom is 0.126 e. The Balaban J connectivity index is 2.23. The van der Waals surface area contributed by atoms with E-state index in [1.165, 1.54) is 11.3 Å². The number of hydrogen-bond donors (Lipinski definition) is 1. The number of thiophene rings is 1. The Morgan fingerprint density at radius 3 is 2.84 bits per heavy atom. The predicted octanol–water partition coefficient (Wildman–Crippen LogP) is 4.37. The summed E-state index contributed by atoms with van der Waals surface area (Å²) in [7, 11) is 0. The minimum atomic E-state index is -0.0502. The van der Waals surface area contributed by atoms with Gasteiger partial charge in [0.15, 0.2) is 0 Å². The fourth-order valence-corrected chi connectivity index (χ4v) is 3.04. The van der Waals surface area contributed by atoms with Crippen LogP contribution in [-0.2, 0) is 0 Å². The highest BCUT2D eigenvalue weighted by atomic mass is 35.5. The number of halogens is 1. The highest BCUT2D eigenvalue weighted by molar-refractivity contribution is 7.16. The summed E-state index contributed by atoms with van der Waals surface area (Å²) in [6, 6.07) is 9.97. The van der Waals surface area contributed by atoms with Crippen LogP contribution in [0.2, 0.25) is 4.34 Å². The van der Waals surface area contributed by atoms with Gasteiger partial charge in [-0.1, -0.05) is 18.5 Å². The molecule has 19 heavy (non-hydrogen) atoms. The van der Waals surface area contributed by atoms with Gasteiger partial charge in [0.2, 0.25) is 0 Å². The van der Waals surface area contributed by atoms with Crippen LogP contribution in [0.3, 0.4) is 0 Å². The minimum Gasteiger partial charge on any atom is -0.467 e. The van der Waals surface area contributed by atoms with E-state index < -0.39 is 0 Å². The molecule has 2 atom stereocenters. The first-order valence-corrected chi connectivity index (χ1v) is 7.35. The molecule has 0 aliphatic heterocycles. The van der Waals surface area contributed by atoms with Crippen LogP contribution in [0.1, 0.15) is 36.4 Å². The smallest absolute Gasteiger partial charge is 0.126 e. The molecule has 0 saturated carbocycles. The van der Waals surface area contributed by atoms with E-state index in [-0.39, 0.29) is 12.1 Å². The zero-order valence-corrected chi connectivity index (χ0v) is 12.2. The van der Waals surface area contributed by atoms with E-state index in [1.54, 1.807) is 6.26 Å². The zero-order valence-electron chi connectivity index (χ0n) is 10.6. The molecule has 0 aromatic carbocycles. The highest BCUT2D eigenvalue weighted by Crippen LogP contribution is 2.32. The number of nitrogens with zero attached hydrogens (tertiary/aromatic N) is 1. The Kier molecular flexibility index (Phi) is 5.03. The largest absolute Gasteiger partial charge is 0.467 e. The second kappa shape index (κ2) is 6.76. The molecule has 0 radical (unpaired) electrons. The minimum absolute atomic E-state index is 0.0502. The lowest BCUT2D eigenvalue weighted by molar-refractivity contribution is 0.402. The fourth-order valence-electron chi connectivity index (χ4n) is 1.91. The molecule has 5 heteroatoms. The first-order valence-electron chi connectivity index (χ1n) is 6.16. The quantitative estimate of drug-likeness (QED) is 0.861. The highest BCUT2D eigenvalue weighted by Gasteiger charge is 2.21. The molecule has 100 valence electrons. The van der Waals surface area contributed by atoms with Gasteiger partial charge in [0.25, 0.3) is 0 Å². The van der Waals surface area contributed by atoms with Gasteiger partial charge in [-0.05, 0) is 30.7 Å². The molecule has 0 aliphatic rings. The summed E-state index contributed by atoms with van der Waals surface area (Å²) in [5.74, 6) is 0.843. The van der Waals surface area contributed by atoms with Crippen LogP contribution < -0.4 is 5.32 Å². The van der Waals surface area contributed by atoms with Crippen LogP contribution >= 0.6 is 22.9 Å². The van der Waals surface area contributed by atoms with E-state index in [9.17, 15) is 0 Å². The number of furan rings is 1. The molecule has 1 N–H and O–H groups in total. The Labute approximate surface area is 121 Å². The molecule has 0 spiro atoms. The van der Waals surface area contributed by atoms with Crippen molar-refractivity contribution in [3.63, 3.8) is 0 Å². The molecule has 2 heterocycles. The van der Waals surface area contributed by atoms with E-state index in [2.05, 4.69) is 18.3 Å². The lowest BCUT2D eigenvalue weighted by atomic mass is 10.1. The van der Waals surface area contributed by atoms with Gasteiger partial charge in [0.1, 0.15) is 11.8 Å². The maximum atomic E-state index is 8.85. The van der Waals surface area contributed by atoms with E-state index in [1.807, 2.05) is 24.3 Å². The lowest BCUT2D eigenvalue weighted by Gasteiger charge is -2.21. The summed E-state index contributed by atoms with van der Waals surface area (Å²) >= 11 is 7.53. The van der Waals surface area contributed by atoms with Gasteiger partial charge in [-0.25, -0.2) is 0 Å². The summed E-state index contributed by atoms with van der Waals surface area (Å²) in [4.78, 5) is 1.09. The van der Waals surface area contributed by atoms with Gasteiger partial charge in [-0.3, -0.25) is 5.32 Å². The summed E-state index contributed by atoms with van der Waals surface area (Å²) in [6.45, 7) is 2.07. The van der Waals surface area contributed by atoms with Gasteiger partial charge in [0, 0.05) is 10.9 Å². The summed E-state index contributed by atoms with van der Waals surface area (Å²) < 4.78 is 6.25.